The van der Waals surface area contributed by atoms with Crippen molar-refractivity contribution in [3.63, 3.8) is 0 Å². The van der Waals surface area contributed by atoms with Crippen LogP contribution in [0.15, 0.2) is 53.0 Å². The lowest BCUT2D eigenvalue weighted by molar-refractivity contribution is 0.108. The fraction of sp³-hybridized carbons (Fsp3) is 0.133. The summed E-state index contributed by atoms with van der Waals surface area (Å²) in [6, 6.07) is 16.4. The molecule has 0 saturated carbocycles. The van der Waals surface area contributed by atoms with E-state index in [4.69, 9.17) is 10.00 Å². The van der Waals surface area contributed by atoms with Crippen molar-refractivity contribution in [1.82, 2.24) is 0 Å². The molecule has 19 heavy (non-hydrogen) atoms. The van der Waals surface area contributed by atoms with Gasteiger partial charge in [0.2, 0.25) is 0 Å². The number of hydrogen-bond donors (Lipinski definition) is 1. The Labute approximate surface area is 120 Å². The molecule has 4 heteroatoms. The first-order valence-electron chi connectivity index (χ1n) is 5.76. The van der Waals surface area contributed by atoms with Gasteiger partial charge in [-0.25, -0.2) is 0 Å². The van der Waals surface area contributed by atoms with E-state index in [1.54, 1.807) is 24.3 Å². The van der Waals surface area contributed by atoms with Gasteiger partial charge < -0.3 is 9.84 Å². The summed E-state index contributed by atoms with van der Waals surface area (Å²) in [5, 5.41) is 18.9. The third kappa shape index (κ3) is 3.57. The third-order valence-corrected chi connectivity index (χ3v) is 3.19. The second kappa shape index (κ2) is 6.37. The minimum atomic E-state index is -0.722. The molecule has 0 radical (unpaired) electrons. The van der Waals surface area contributed by atoms with Crippen LogP contribution in [-0.2, 0) is 0 Å². The molecule has 3 nitrogen and oxygen atoms in total. The van der Waals surface area contributed by atoms with Gasteiger partial charge in [0.05, 0.1) is 5.56 Å². The average Bonchev–Trinajstić information content (AvgIpc) is 2.45. The van der Waals surface area contributed by atoms with Crippen molar-refractivity contribution in [2.45, 2.75) is 6.10 Å². The summed E-state index contributed by atoms with van der Waals surface area (Å²) in [7, 11) is 0. The zero-order valence-electron chi connectivity index (χ0n) is 10.1. The Kier molecular flexibility index (Phi) is 4.56. The van der Waals surface area contributed by atoms with Gasteiger partial charge in [-0.3, -0.25) is 0 Å². The zero-order chi connectivity index (χ0) is 13.7. The van der Waals surface area contributed by atoms with Crippen LogP contribution in [0.2, 0.25) is 0 Å². The minimum absolute atomic E-state index is 0.111. The number of rotatable bonds is 4. The number of para-hydroxylation sites is 1. The van der Waals surface area contributed by atoms with E-state index < -0.39 is 6.10 Å². The summed E-state index contributed by atoms with van der Waals surface area (Å²) in [4.78, 5) is 0. The molecule has 1 atom stereocenters. The van der Waals surface area contributed by atoms with E-state index in [0.717, 1.165) is 10.0 Å². The first kappa shape index (κ1) is 13.6. The van der Waals surface area contributed by atoms with E-state index in [1.807, 2.05) is 24.3 Å². The Hall–Kier alpha value is -1.83. The fourth-order valence-electron chi connectivity index (χ4n) is 1.63. The highest BCUT2D eigenvalue weighted by molar-refractivity contribution is 9.10. The Balaban J connectivity index is 2.02. The highest BCUT2D eigenvalue weighted by Crippen LogP contribution is 2.21. The molecule has 96 valence electrons. The van der Waals surface area contributed by atoms with Crippen LogP contribution in [0.3, 0.4) is 0 Å². The van der Waals surface area contributed by atoms with Crippen molar-refractivity contribution in [1.29, 1.82) is 5.26 Å². The Bertz CT molecular complexity index is 590. The predicted molar refractivity (Wildman–Crippen MR) is 75.8 cm³/mol. The summed E-state index contributed by atoms with van der Waals surface area (Å²) in [6.07, 6.45) is -0.722. The van der Waals surface area contributed by atoms with E-state index in [1.165, 1.54) is 0 Å². The summed E-state index contributed by atoms with van der Waals surface area (Å²) in [5.41, 5.74) is 1.24. The smallest absolute Gasteiger partial charge is 0.137 e. The number of aliphatic hydroxyl groups is 1. The van der Waals surface area contributed by atoms with Gasteiger partial charge in [-0.1, -0.05) is 40.2 Å². The van der Waals surface area contributed by atoms with Gasteiger partial charge >= 0.3 is 0 Å². The summed E-state index contributed by atoms with van der Waals surface area (Å²) >= 11 is 3.34. The summed E-state index contributed by atoms with van der Waals surface area (Å²) < 4.78 is 6.45. The third-order valence-electron chi connectivity index (χ3n) is 2.66. The second-order valence-corrected chi connectivity index (χ2v) is 4.90. The molecular weight excluding hydrogens is 306 g/mol. The molecule has 0 heterocycles. The van der Waals surface area contributed by atoms with Crippen LogP contribution >= 0.6 is 15.9 Å². The van der Waals surface area contributed by atoms with Gasteiger partial charge in [-0.15, -0.1) is 0 Å². The number of ether oxygens (including phenoxy) is 1. The molecule has 2 rings (SSSR count). The molecule has 0 saturated heterocycles. The maximum absolute atomic E-state index is 10.0. The van der Waals surface area contributed by atoms with Gasteiger partial charge in [-0.2, -0.15) is 5.26 Å². The van der Waals surface area contributed by atoms with Gasteiger partial charge in [-0.05, 0) is 29.8 Å². The molecule has 1 N–H and O–H groups in total. The van der Waals surface area contributed by atoms with E-state index in [0.29, 0.717) is 11.3 Å². The standard InChI is InChI=1S/C15H12BrNO2/c16-13-7-5-11(6-8-13)14(18)10-19-15-4-2-1-3-12(15)9-17/h1-8,14,18H,10H2. The first-order chi connectivity index (χ1) is 9.20. The molecule has 0 aliphatic carbocycles. The molecule has 0 amide bonds. The molecule has 0 fully saturated rings. The van der Waals surface area contributed by atoms with Gasteiger partial charge in [0.1, 0.15) is 24.5 Å². The van der Waals surface area contributed by atoms with Crippen LogP contribution in [-0.4, -0.2) is 11.7 Å². The Morgan fingerprint density at radius 1 is 1.16 bits per heavy atom. The monoisotopic (exact) mass is 317 g/mol. The number of nitrogens with zero attached hydrogens (tertiary/aromatic N) is 1. The molecule has 0 bridgehead atoms. The molecule has 2 aromatic rings. The van der Waals surface area contributed by atoms with Crippen molar-refractivity contribution in [3.8, 4) is 11.8 Å². The second-order valence-electron chi connectivity index (χ2n) is 3.99. The minimum Gasteiger partial charge on any atom is -0.489 e. The largest absolute Gasteiger partial charge is 0.489 e. The number of benzene rings is 2. The lowest BCUT2D eigenvalue weighted by atomic mass is 10.1. The zero-order valence-corrected chi connectivity index (χ0v) is 11.7. The SMILES string of the molecule is N#Cc1ccccc1OCC(O)c1ccc(Br)cc1. The van der Waals surface area contributed by atoms with Crippen molar-refractivity contribution in [3.05, 3.63) is 64.1 Å². The van der Waals surface area contributed by atoms with Crippen LogP contribution < -0.4 is 4.74 Å². The van der Waals surface area contributed by atoms with Crippen LogP contribution in [0.5, 0.6) is 5.75 Å². The lowest BCUT2D eigenvalue weighted by Gasteiger charge is -2.13. The highest BCUT2D eigenvalue weighted by Gasteiger charge is 2.09. The van der Waals surface area contributed by atoms with Gasteiger partial charge in [0.25, 0.3) is 0 Å². The Morgan fingerprint density at radius 2 is 1.84 bits per heavy atom. The summed E-state index contributed by atoms with van der Waals surface area (Å²) in [6.45, 7) is 0.111. The van der Waals surface area contributed by atoms with E-state index in [2.05, 4.69) is 22.0 Å². The molecule has 2 aromatic carbocycles. The van der Waals surface area contributed by atoms with E-state index >= 15 is 0 Å². The van der Waals surface area contributed by atoms with Crippen LogP contribution in [0.25, 0.3) is 0 Å². The molecule has 0 aromatic heterocycles. The van der Waals surface area contributed by atoms with Crippen molar-refractivity contribution in [2.75, 3.05) is 6.61 Å². The van der Waals surface area contributed by atoms with Gasteiger partial charge in [0.15, 0.2) is 0 Å². The van der Waals surface area contributed by atoms with Crippen molar-refractivity contribution < 1.29 is 9.84 Å². The van der Waals surface area contributed by atoms with Crippen LogP contribution in [0, 0.1) is 11.3 Å². The number of aliphatic hydroxyl groups excluding tert-OH is 1. The topological polar surface area (TPSA) is 53.2 Å². The number of nitriles is 1. The van der Waals surface area contributed by atoms with Gasteiger partial charge in [0, 0.05) is 4.47 Å². The summed E-state index contributed by atoms with van der Waals surface area (Å²) in [5.74, 6) is 0.487. The molecular formula is C15H12BrNO2. The molecule has 0 spiro atoms. The quantitative estimate of drug-likeness (QED) is 0.939. The highest BCUT2D eigenvalue weighted by atomic mass is 79.9. The maximum Gasteiger partial charge on any atom is 0.137 e. The average molecular weight is 318 g/mol. The van der Waals surface area contributed by atoms with Crippen molar-refractivity contribution in [2.24, 2.45) is 0 Å². The fourth-order valence-corrected chi connectivity index (χ4v) is 1.90. The van der Waals surface area contributed by atoms with E-state index in [9.17, 15) is 5.11 Å². The van der Waals surface area contributed by atoms with Crippen LogP contribution in [0.1, 0.15) is 17.2 Å². The molecule has 0 aliphatic heterocycles. The molecule has 1 unspecified atom stereocenters. The normalized spacial score (nSPS) is 11.6. The predicted octanol–water partition coefficient (Wildman–Crippen LogP) is 3.43. The Morgan fingerprint density at radius 3 is 2.53 bits per heavy atom. The number of halogens is 1. The van der Waals surface area contributed by atoms with Crippen LogP contribution in [0.4, 0.5) is 0 Å². The number of hydrogen-bond acceptors (Lipinski definition) is 3. The molecule has 0 aliphatic rings. The first-order valence-corrected chi connectivity index (χ1v) is 6.55. The maximum atomic E-state index is 10.0. The van der Waals surface area contributed by atoms with Crippen molar-refractivity contribution >= 4 is 15.9 Å². The lowest BCUT2D eigenvalue weighted by Crippen LogP contribution is -2.10. The van der Waals surface area contributed by atoms with E-state index in [-0.39, 0.29) is 6.61 Å².